The maximum atomic E-state index is 11.8. The van der Waals surface area contributed by atoms with Gasteiger partial charge in [0.05, 0.1) is 18.5 Å². The summed E-state index contributed by atoms with van der Waals surface area (Å²) in [4.78, 5) is 23.4. The summed E-state index contributed by atoms with van der Waals surface area (Å²) >= 11 is 0. The highest BCUT2D eigenvalue weighted by atomic mass is 16.2. The summed E-state index contributed by atoms with van der Waals surface area (Å²) in [5.41, 5.74) is 14.4. The fourth-order valence-electron chi connectivity index (χ4n) is 3.13. The minimum atomic E-state index is -0.145. The van der Waals surface area contributed by atoms with Crippen LogP contribution in [0, 0.1) is 5.92 Å². The van der Waals surface area contributed by atoms with Crippen molar-refractivity contribution in [1.29, 1.82) is 0 Å². The molecule has 2 aromatic rings. The van der Waals surface area contributed by atoms with Gasteiger partial charge >= 0.3 is 0 Å². The van der Waals surface area contributed by atoms with Gasteiger partial charge in [-0.1, -0.05) is 61.7 Å². The van der Waals surface area contributed by atoms with Crippen LogP contribution in [0.4, 0.5) is 5.82 Å². The first-order chi connectivity index (χ1) is 17.8. The van der Waals surface area contributed by atoms with Crippen molar-refractivity contribution in [3.63, 3.8) is 0 Å². The van der Waals surface area contributed by atoms with Crippen LogP contribution in [0.1, 0.15) is 37.4 Å². The Balaban J connectivity index is 0.000000264. The second kappa shape index (κ2) is 15.5. The molecule has 3 rings (SSSR count). The van der Waals surface area contributed by atoms with Crippen LogP contribution in [-0.2, 0) is 22.4 Å². The van der Waals surface area contributed by atoms with Gasteiger partial charge < -0.3 is 22.1 Å². The van der Waals surface area contributed by atoms with Gasteiger partial charge in [-0.3, -0.25) is 9.59 Å². The van der Waals surface area contributed by atoms with Crippen molar-refractivity contribution in [3.8, 4) is 0 Å². The SMILES string of the molecule is C/C(N)=C/C=C(\N)NC(=O)Cc1ccccc1.C=C/C=C(\C=C)CC(=O)Nc1ccc(CC2CC2)nn1. The van der Waals surface area contributed by atoms with Crippen LogP contribution in [0.25, 0.3) is 0 Å². The maximum absolute atomic E-state index is 11.8. The first-order valence-corrected chi connectivity index (χ1v) is 12.1. The summed E-state index contributed by atoms with van der Waals surface area (Å²) in [5, 5.41) is 13.5. The first-order valence-electron chi connectivity index (χ1n) is 12.1. The topological polar surface area (TPSA) is 136 Å². The number of rotatable bonds is 11. The Morgan fingerprint density at radius 3 is 2.30 bits per heavy atom. The fourth-order valence-corrected chi connectivity index (χ4v) is 3.13. The van der Waals surface area contributed by atoms with E-state index >= 15 is 0 Å². The van der Waals surface area contributed by atoms with Crippen LogP contribution in [0.5, 0.6) is 0 Å². The van der Waals surface area contributed by atoms with Gasteiger partial charge in [0.2, 0.25) is 11.8 Å². The van der Waals surface area contributed by atoms with Crippen molar-refractivity contribution in [2.75, 3.05) is 5.32 Å². The number of hydrogen-bond donors (Lipinski definition) is 4. The Kier molecular flexibility index (Phi) is 12.1. The molecule has 0 saturated heterocycles. The number of nitrogens with one attached hydrogen (secondary N) is 2. The van der Waals surface area contributed by atoms with Gasteiger partial charge in [0.15, 0.2) is 5.82 Å². The van der Waals surface area contributed by atoms with Crippen LogP contribution in [0.3, 0.4) is 0 Å². The van der Waals surface area contributed by atoms with E-state index in [2.05, 4.69) is 34.0 Å². The number of nitrogens with two attached hydrogens (primary N) is 2. The van der Waals surface area contributed by atoms with Crippen molar-refractivity contribution in [1.82, 2.24) is 15.5 Å². The summed E-state index contributed by atoms with van der Waals surface area (Å²) in [7, 11) is 0. The number of aromatic nitrogens is 2. The molecule has 1 aromatic carbocycles. The summed E-state index contributed by atoms with van der Waals surface area (Å²) in [6.45, 7) is 9.01. The molecule has 1 heterocycles. The molecule has 8 heteroatoms. The second-order valence-corrected chi connectivity index (χ2v) is 8.71. The molecule has 0 aliphatic heterocycles. The van der Waals surface area contributed by atoms with Crippen molar-refractivity contribution in [2.45, 2.75) is 39.0 Å². The van der Waals surface area contributed by atoms with E-state index in [0.717, 1.165) is 29.2 Å². The highest BCUT2D eigenvalue weighted by Crippen LogP contribution is 2.31. The number of carbonyl (C=O) groups is 2. The van der Waals surface area contributed by atoms with Crippen LogP contribution in [0.2, 0.25) is 0 Å². The molecule has 1 saturated carbocycles. The minimum Gasteiger partial charge on any atom is -0.402 e. The zero-order chi connectivity index (χ0) is 27.0. The van der Waals surface area contributed by atoms with Gasteiger partial charge in [0.1, 0.15) is 5.82 Å². The van der Waals surface area contributed by atoms with E-state index < -0.39 is 0 Å². The largest absolute Gasteiger partial charge is 0.402 e. The molecular weight excluding hydrogens is 464 g/mol. The van der Waals surface area contributed by atoms with Crippen LogP contribution in [0.15, 0.2) is 103 Å². The minimum absolute atomic E-state index is 0.137. The number of allylic oxidation sites excluding steroid dienone is 6. The molecule has 194 valence electrons. The van der Waals surface area contributed by atoms with Crippen molar-refractivity contribution in [2.24, 2.45) is 17.4 Å². The van der Waals surface area contributed by atoms with Crippen LogP contribution >= 0.6 is 0 Å². The molecule has 0 unspecified atom stereocenters. The average molecular weight is 501 g/mol. The predicted molar refractivity (Wildman–Crippen MR) is 149 cm³/mol. The lowest BCUT2D eigenvalue weighted by molar-refractivity contribution is -0.119. The molecule has 1 fully saturated rings. The zero-order valence-electron chi connectivity index (χ0n) is 21.3. The van der Waals surface area contributed by atoms with Gasteiger partial charge in [0.25, 0.3) is 0 Å². The Labute approximate surface area is 218 Å². The third-order valence-corrected chi connectivity index (χ3v) is 5.16. The molecule has 0 radical (unpaired) electrons. The Morgan fingerprint density at radius 1 is 1.00 bits per heavy atom. The highest BCUT2D eigenvalue weighted by Gasteiger charge is 2.22. The van der Waals surface area contributed by atoms with Crippen molar-refractivity contribution in [3.05, 3.63) is 114 Å². The van der Waals surface area contributed by atoms with Gasteiger partial charge in [-0.2, -0.15) is 5.10 Å². The molecule has 2 amide bonds. The summed E-state index contributed by atoms with van der Waals surface area (Å²) in [6.07, 6.45) is 12.4. The van der Waals surface area contributed by atoms with E-state index in [4.69, 9.17) is 11.5 Å². The van der Waals surface area contributed by atoms with Crippen molar-refractivity contribution < 1.29 is 9.59 Å². The molecule has 1 aromatic heterocycles. The number of benzene rings is 1. The Morgan fingerprint density at radius 2 is 1.73 bits per heavy atom. The monoisotopic (exact) mass is 500 g/mol. The summed E-state index contributed by atoms with van der Waals surface area (Å²) < 4.78 is 0. The predicted octanol–water partition coefficient (Wildman–Crippen LogP) is 4.06. The number of anilines is 1. The van der Waals surface area contributed by atoms with E-state index in [1.165, 1.54) is 12.8 Å². The highest BCUT2D eigenvalue weighted by molar-refractivity contribution is 5.91. The van der Waals surface area contributed by atoms with Gasteiger partial charge in [-0.15, -0.1) is 5.10 Å². The molecule has 1 aliphatic rings. The third kappa shape index (κ3) is 12.7. The Hall–Kier alpha value is -4.46. The fraction of sp³-hybridized carbons (Fsp3) is 0.241. The van der Waals surface area contributed by atoms with Gasteiger partial charge in [0, 0.05) is 5.70 Å². The van der Waals surface area contributed by atoms with E-state index in [0.29, 0.717) is 17.9 Å². The zero-order valence-corrected chi connectivity index (χ0v) is 21.3. The quantitative estimate of drug-likeness (QED) is 0.344. The number of carbonyl (C=O) groups excluding carboxylic acids is 2. The molecule has 1 aliphatic carbocycles. The molecular formula is C29H36N6O2. The van der Waals surface area contributed by atoms with E-state index in [-0.39, 0.29) is 24.1 Å². The number of amides is 2. The lowest BCUT2D eigenvalue weighted by atomic mass is 10.1. The lowest BCUT2D eigenvalue weighted by Gasteiger charge is -2.05. The smallest absolute Gasteiger partial charge is 0.229 e. The molecule has 0 atom stereocenters. The molecule has 0 bridgehead atoms. The van der Waals surface area contributed by atoms with Gasteiger partial charge in [-0.25, -0.2) is 0 Å². The van der Waals surface area contributed by atoms with Gasteiger partial charge in [-0.05, 0) is 67.5 Å². The standard InChI is InChI=1S/C16H19N3O.C13H17N3O/c1-3-5-12(4-2)11-16(20)17-15-9-8-14(18-19-15)10-13-6-7-13;1-10(14)7-8-12(15)16-13(17)9-11-5-3-2-4-6-11/h3-5,8-9,13H,1-2,6-7,10-11H2,(H,17,19,20);2-8H,9,14-15H2,1H3,(H,16,17)/b12-5+;10-7-,12-8+. The first kappa shape index (κ1) is 28.8. The van der Waals surface area contributed by atoms with E-state index in [9.17, 15) is 9.59 Å². The molecule has 6 N–H and O–H groups in total. The molecule has 0 spiro atoms. The Bertz CT molecular complexity index is 1140. The van der Waals surface area contributed by atoms with Crippen LogP contribution in [-0.4, -0.2) is 22.0 Å². The second-order valence-electron chi connectivity index (χ2n) is 8.71. The summed E-state index contributed by atoms with van der Waals surface area (Å²) in [6, 6.07) is 13.2. The molecule has 8 nitrogen and oxygen atoms in total. The van der Waals surface area contributed by atoms with E-state index in [1.54, 1.807) is 43.4 Å². The third-order valence-electron chi connectivity index (χ3n) is 5.16. The van der Waals surface area contributed by atoms with Crippen molar-refractivity contribution >= 4 is 17.6 Å². The number of hydrogen-bond acceptors (Lipinski definition) is 6. The average Bonchev–Trinajstić information content (AvgIpc) is 3.68. The number of nitrogens with zero attached hydrogens (tertiary/aromatic N) is 2. The molecule has 37 heavy (non-hydrogen) atoms. The lowest BCUT2D eigenvalue weighted by Crippen LogP contribution is -2.28. The summed E-state index contributed by atoms with van der Waals surface area (Å²) in [5.74, 6) is 1.27. The maximum Gasteiger partial charge on any atom is 0.229 e. The van der Waals surface area contributed by atoms with Crippen LogP contribution < -0.4 is 22.1 Å². The normalized spacial score (nSPS) is 13.6. The van der Waals surface area contributed by atoms with E-state index in [1.807, 2.05) is 36.4 Å².